The van der Waals surface area contributed by atoms with Crippen LogP contribution in [0.1, 0.15) is 37.5 Å². The van der Waals surface area contributed by atoms with Gasteiger partial charge in [-0.3, -0.25) is 0 Å². The Morgan fingerprint density at radius 1 is 1.47 bits per heavy atom. The molecule has 0 radical (unpaired) electrons. The first-order valence-electron chi connectivity index (χ1n) is 5.35. The van der Waals surface area contributed by atoms with Crippen LogP contribution in [0.5, 0.6) is 5.88 Å². The molecule has 4 heteroatoms. The number of rotatable bonds is 4. The Bertz CT molecular complexity index is 309. The van der Waals surface area contributed by atoms with E-state index in [1.807, 2.05) is 0 Å². The van der Waals surface area contributed by atoms with Crippen molar-refractivity contribution in [1.82, 2.24) is 10.2 Å². The van der Waals surface area contributed by atoms with Crippen molar-refractivity contribution in [3.8, 4) is 5.88 Å². The van der Waals surface area contributed by atoms with Crippen LogP contribution in [0.25, 0.3) is 0 Å². The molecule has 1 aromatic heterocycles. The van der Waals surface area contributed by atoms with Crippen molar-refractivity contribution in [3.05, 3.63) is 17.8 Å². The molecule has 2 rings (SSSR count). The molecule has 82 valence electrons. The summed E-state index contributed by atoms with van der Waals surface area (Å²) in [5.41, 5.74) is 0.641. The molecule has 1 aromatic rings. The fourth-order valence-electron chi connectivity index (χ4n) is 1.78. The number of hydrogen-bond donors (Lipinski definition) is 1. The minimum absolute atomic E-state index is 0.478. The summed E-state index contributed by atoms with van der Waals surface area (Å²) in [4.78, 5) is 0. The molecule has 0 spiro atoms. The lowest BCUT2D eigenvalue weighted by Crippen LogP contribution is -2.15. The second-order valence-electron chi connectivity index (χ2n) is 4.05. The molecule has 1 aliphatic rings. The van der Waals surface area contributed by atoms with Crippen molar-refractivity contribution in [2.24, 2.45) is 5.92 Å². The van der Waals surface area contributed by atoms with Gasteiger partial charge in [-0.1, -0.05) is 19.3 Å². The number of aliphatic hydroxyl groups excluding tert-OH is 1. The van der Waals surface area contributed by atoms with E-state index in [2.05, 4.69) is 10.2 Å². The first-order valence-corrected chi connectivity index (χ1v) is 5.35. The zero-order valence-electron chi connectivity index (χ0n) is 8.89. The lowest BCUT2D eigenvalue weighted by atomic mass is 9.81. The Morgan fingerprint density at radius 3 is 2.73 bits per heavy atom. The van der Waals surface area contributed by atoms with Crippen molar-refractivity contribution in [3.63, 3.8) is 0 Å². The molecule has 0 bridgehead atoms. The van der Waals surface area contributed by atoms with Gasteiger partial charge in [0.1, 0.15) is 0 Å². The molecule has 0 amide bonds. The van der Waals surface area contributed by atoms with E-state index in [1.54, 1.807) is 19.2 Å². The maximum Gasteiger partial charge on any atom is 0.233 e. The third-order valence-corrected chi connectivity index (χ3v) is 2.99. The van der Waals surface area contributed by atoms with Gasteiger partial charge in [0, 0.05) is 6.07 Å². The van der Waals surface area contributed by atoms with Gasteiger partial charge in [0.05, 0.1) is 18.9 Å². The summed E-state index contributed by atoms with van der Waals surface area (Å²) in [6.45, 7) is 0. The van der Waals surface area contributed by atoms with Gasteiger partial charge in [-0.25, -0.2) is 0 Å². The molecule has 0 aromatic carbocycles. The highest BCUT2D eigenvalue weighted by Gasteiger charge is 2.22. The number of nitrogens with zero attached hydrogens (tertiary/aromatic N) is 2. The number of aliphatic hydroxyl groups is 1. The van der Waals surface area contributed by atoms with Crippen LogP contribution in [-0.2, 0) is 0 Å². The monoisotopic (exact) mass is 208 g/mol. The average molecular weight is 208 g/mol. The second-order valence-corrected chi connectivity index (χ2v) is 4.05. The Morgan fingerprint density at radius 2 is 2.27 bits per heavy atom. The SMILES string of the molecule is COc1ccc(C(O)CC2CCC2)nn1. The van der Waals surface area contributed by atoms with Gasteiger partial charge in [0.2, 0.25) is 5.88 Å². The molecule has 1 heterocycles. The summed E-state index contributed by atoms with van der Waals surface area (Å²) in [6.07, 6.45) is 4.10. The predicted molar refractivity (Wildman–Crippen MR) is 55.5 cm³/mol. The van der Waals surface area contributed by atoms with Gasteiger partial charge in [-0.2, -0.15) is 0 Å². The van der Waals surface area contributed by atoms with Gasteiger partial charge in [0.25, 0.3) is 0 Å². The number of ether oxygens (including phenoxy) is 1. The first-order chi connectivity index (χ1) is 7.29. The Hall–Kier alpha value is -1.16. The molecule has 1 saturated carbocycles. The summed E-state index contributed by atoms with van der Waals surface area (Å²) in [5, 5.41) is 17.6. The lowest BCUT2D eigenvalue weighted by Gasteiger charge is -2.27. The van der Waals surface area contributed by atoms with Crippen LogP contribution >= 0.6 is 0 Å². The predicted octanol–water partition coefficient (Wildman–Crippen LogP) is 1.71. The summed E-state index contributed by atoms with van der Waals surface area (Å²) in [7, 11) is 1.55. The maximum atomic E-state index is 9.88. The van der Waals surface area contributed by atoms with Gasteiger partial charge in [0.15, 0.2) is 0 Å². The smallest absolute Gasteiger partial charge is 0.233 e. The molecule has 1 unspecified atom stereocenters. The second kappa shape index (κ2) is 4.57. The van der Waals surface area contributed by atoms with E-state index in [-0.39, 0.29) is 0 Å². The minimum atomic E-state index is -0.478. The Balaban J connectivity index is 1.94. The summed E-state index contributed by atoms with van der Waals surface area (Å²) < 4.78 is 4.91. The number of aromatic nitrogens is 2. The molecular formula is C11H16N2O2. The summed E-state index contributed by atoms with van der Waals surface area (Å²) in [5.74, 6) is 1.15. The molecule has 1 fully saturated rings. The van der Waals surface area contributed by atoms with Crippen molar-refractivity contribution in [2.75, 3.05) is 7.11 Å². The van der Waals surface area contributed by atoms with E-state index < -0.39 is 6.10 Å². The van der Waals surface area contributed by atoms with Crippen LogP contribution in [0.3, 0.4) is 0 Å². The fraction of sp³-hybridized carbons (Fsp3) is 0.636. The summed E-state index contributed by atoms with van der Waals surface area (Å²) in [6, 6.07) is 3.50. The number of hydrogen-bond acceptors (Lipinski definition) is 4. The van der Waals surface area contributed by atoms with Crippen LogP contribution in [0.15, 0.2) is 12.1 Å². The first kappa shape index (κ1) is 10.4. The van der Waals surface area contributed by atoms with E-state index in [4.69, 9.17) is 4.74 Å². The van der Waals surface area contributed by atoms with E-state index >= 15 is 0 Å². The highest BCUT2D eigenvalue weighted by molar-refractivity contribution is 5.13. The van der Waals surface area contributed by atoms with Crippen LogP contribution in [-0.4, -0.2) is 22.4 Å². The third-order valence-electron chi connectivity index (χ3n) is 2.99. The van der Waals surface area contributed by atoms with Crippen molar-refractivity contribution < 1.29 is 9.84 Å². The van der Waals surface area contributed by atoms with Crippen molar-refractivity contribution in [2.45, 2.75) is 31.8 Å². The van der Waals surface area contributed by atoms with Gasteiger partial charge in [-0.05, 0) is 18.4 Å². The standard InChI is InChI=1S/C11H16N2O2/c1-15-11-6-5-9(12-13-11)10(14)7-8-3-2-4-8/h5-6,8,10,14H,2-4,7H2,1H3. The van der Waals surface area contributed by atoms with Crippen LogP contribution < -0.4 is 4.74 Å². The molecule has 1 atom stereocenters. The molecule has 1 N–H and O–H groups in total. The van der Waals surface area contributed by atoms with Crippen LogP contribution in [0.2, 0.25) is 0 Å². The van der Waals surface area contributed by atoms with E-state index in [9.17, 15) is 5.11 Å². The normalized spacial score (nSPS) is 18.3. The van der Waals surface area contributed by atoms with E-state index in [1.165, 1.54) is 19.3 Å². The molecule has 15 heavy (non-hydrogen) atoms. The number of methoxy groups -OCH3 is 1. The molecular weight excluding hydrogens is 192 g/mol. The minimum Gasteiger partial charge on any atom is -0.480 e. The zero-order valence-corrected chi connectivity index (χ0v) is 8.89. The highest BCUT2D eigenvalue weighted by atomic mass is 16.5. The van der Waals surface area contributed by atoms with Crippen LogP contribution in [0.4, 0.5) is 0 Å². The summed E-state index contributed by atoms with van der Waals surface area (Å²) >= 11 is 0. The highest BCUT2D eigenvalue weighted by Crippen LogP contribution is 2.34. The van der Waals surface area contributed by atoms with E-state index in [0.29, 0.717) is 17.5 Å². The Kier molecular flexibility index (Phi) is 3.16. The van der Waals surface area contributed by atoms with Gasteiger partial charge < -0.3 is 9.84 Å². The fourth-order valence-corrected chi connectivity index (χ4v) is 1.78. The Labute approximate surface area is 89.3 Å². The third kappa shape index (κ3) is 2.45. The molecule has 1 aliphatic carbocycles. The quantitative estimate of drug-likeness (QED) is 0.818. The largest absolute Gasteiger partial charge is 0.480 e. The average Bonchev–Trinajstić information content (AvgIpc) is 2.23. The van der Waals surface area contributed by atoms with Gasteiger partial charge >= 0.3 is 0 Å². The molecule has 0 saturated heterocycles. The zero-order chi connectivity index (χ0) is 10.7. The van der Waals surface area contributed by atoms with Crippen molar-refractivity contribution in [1.29, 1.82) is 0 Å². The van der Waals surface area contributed by atoms with Crippen LogP contribution in [0, 0.1) is 5.92 Å². The van der Waals surface area contributed by atoms with E-state index in [0.717, 1.165) is 6.42 Å². The maximum absolute atomic E-state index is 9.88. The molecule has 0 aliphatic heterocycles. The lowest BCUT2D eigenvalue weighted by molar-refractivity contribution is 0.114. The van der Waals surface area contributed by atoms with Crippen molar-refractivity contribution >= 4 is 0 Å². The van der Waals surface area contributed by atoms with Gasteiger partial charge in [-0.15, -0.1) is 10.2 Å². The molecule has 4 nitrogen and oxygen atoms in total. The topological polar surface area (TPSA) is 55.2 Å².